The number of carbonyl (C=O) groups excluding carboxylic acids is 1. The molecule has 17 heavy (non-hydrogen) atoms. The van der Waals surface area contributed by atoms with Crippen LogP contribution in [0, 0.1) is 5.82 Å². The highest BCUT2D eigenvalue weighted by Crippen LogP contribution is 2.20. The summed E-state index contributed by atoms with van der Waals surface area (Å²) in [4.78, 5) is 17.2. The summed E-state index contributed by atoms with van der Waals surface area (Å²) in [6, 6.07) is 1.94. The molecule has 1 aromatic rings. The number of aromatic nitrogens is 1. The molecule has 0 amide bonds. The van der Waals surface area contributed by atoms with Gasteiger partial charge in [-0.1, -0.05) is 0 Å². The molecule has 0 saturated heterocycles. The summed E-state index contributed by atoms with van der Waals surface area (Å²) in [5.74, 6) is 0.0665. The number of Topliss-reactive ketones (excluding diaryl/α,β-unsaturated/α-hetero) is 1. The lowest BCUT2D eigenvalue weighted by atomic mass is 9.93. The smallest absolute Gasteiger partial charge is 0.141 e. The Kier molecular flexibility index (Phi) is 3.84. The molecule has 0 bridgehead atoms. The molecule has 1 aliphatic rings. The molecule has 0 radical (unpaired) electrons. The van der Waals surface area contributed by atoms with E-state index in [9.17, 15) is 9.18 Å². The Morgan fingerprint density at radius 1 is 1.41 bits per heavy atom. The predicted octanol–water partition coefficient (Wildman–Crippen LogP) is 2.16. The molecule has 92 valence electrons. The summed E-state index contributed by atoms with van der Waals surface area (Å²) in [5, 5.41) is 0. The Morgan fingerprint density at radius 3 is 2.76 bits per heavy atom. The van der Waals surface area contributed by atoms with E-state index >= 15 is 0 Å². The Hall–Kier alpha value is -1.29. The maximum absolute atomic E-state index is 13.0. The van der Waals surface area contributed by atoms with Crippen LogP contribution in [-0.4, -0.2) is 28.8 Å². The van der Waals surface area contributed by atoms with Crippen LogP contribution >= 0.6 is 0 Å². The van der Waals surface area contributed by atoms with Crippen molar-refractivity contribution in [1.29, 1.82) is 0 Å². The number of hydrogen-bond donors (Lipinski definition) is 0. The van der Waals surface area contributed by atoms with Crippen molar-refractivity contribution in [2.24, 2.45) is 0 Å². The van der Waals surface area contributed by atoms with Gasteiger partial charge in [0.15, 0.2) is 0 Å². The van der Waals surface area contributed by atoms with E-state index in [1.165, 1.54) is 12.3 Å². The van der Waals surface area contributed by atoms with E-state index in [1.807, 2.05) is 7.05 Å². The van der Waals surface area contributed by atoms with Crippen LogP contribution in [0.4, 0.5) is 4.39 Å². The van der Waals surface area contributed by atoms with Crippen molar-refractivity contribution in [1.82, 2.24) is 9.88 Å². The first-order chi connectivity index (χ1) is 8.15. The molecule has 0 atom stereocenters. The van der Waals surface area contributed by atoms with Crippen molar-refractivity contribution in [2.75, 3.05) is 7.05 Å². The average molecular weight is 236 g/mol. The van der Waals surface area contributed by atoms with Crippen LogP contribution in [-0.2, 0) is 11.3 Å². The fraction of sp³-hybridized carbons (Fsp3) is 0.538. The first kappa shape index (κ1) is 12.2. The van der Waals surface area contributed by atoms with Crippen LogP contribution < -0.4 is 0 Å². The van der Waals surface area contributed by atoms with Gasteiger partial charge in [-0.05, 0) is 31.5 Å². The molecule has 1 fully saturated rings. The standard InChI is InChI=1S/C13H17FN2O/c1-16(12-2-4-13(17)5-3-12)9-10-6-11(14)8-15-7-10/h6-8,12H,2-5,9H2,1H3. The maximum Gasteiger partial charge on any atom is 0.141 e. The number of halogens is 1. The van der Waals surface area contributed by atoms with Gasteiger partial charge in [-0.3, -0.25) is 14.7 Å². The van der Waals surface area contributed by atoms with E-state index in [2.05, 4.69) is 9.88 Å². The molecular formula is C13H17FN2O. The zero-order valence-electron chi connectivity index (χ0n) is 10.0. The van der Waals surface area contributed by atoms with Crippen molar-refractivity contribution < 1.29 is 9.18 Å². The highest BCUT2D eigenvalue weighted by molar-refractivity contribution is 5.79. The van der Waals surface area contributed by atoms with Crippen molar-refractivity contribution in [3.05, 3.63) is 29.8 Å². The minimum Gasteiger partial charge on any atom is -0.300 e. The number of ketones is 1. The quantitative estimate of drug-likeness (QED) is 0.806. The molecule has 1 aromatic heterocycles. The Morgan fingerprint density at radius 2 is 2.12 bits per heavy atom. The molecule has 0 aromatic carbocycles. The van der Waals surface area contributed by atoms with Crippen molar-refractivity contribution in [3.8, 4) is 0 Å². The Labute approximate surface area is 101 Å². The van der Waals surface area contributed by atoms with Gasteiger partial charge in [0, 0.05) is 31.6 Å². The van der Waals surface area contributed by atoms with Gasteiger partial charge >= 0.3 is 0 Å². The largest absolute Gasteiger partial charge is 0.300 e. The second-order valence-corrected chi connectivity index (χ2v) is 4.70. The van der Waals surface area contributed by atoms with Gasteiger partial charge < -0.3 is 0 Å². The van der Waals surface area contributed by atoms with Crippen LogP contribution in [0.1, 0.15) is 31.2 Å². The van der Waals surface area contributed by atoms with Crippen LogP contribution in [0.2, 0.25) is 0 Å². The average Bonchev–Trinajstić information content (AvgIpc) is 2.29. The molecule has 1 aliphatic carbocycles. The molecule has 0 N–H and O–H groups in total. The summed E-state index contributed by atoms with van der Waals surface area (Å²) < 4.78 is 13.0. The highest BCUT2D eigenvalue weighted by Gasteiger charge is 2.22. The zero-order chi connectivity index (χ0) is 12.3. The summed E-state index contributed by atoms with van der Waals surface area (Å²) in [7, 11) is 2.02. The van der Waals surface area contributed by atoms with Crippen LogP contribution in [0.3, 0.4) is 0 Å². The molecule has 1 heterocycles. The third-order valence-corrected chi connectivity index (χ3v) is 3.33. The number of carbonyl (C=O) groups is 1. The Bertz CT molecular complexity index is 398. The van der Waals surface area contributed by atoms with Gasteiger partial charge in [0.05, 0.1) is 6.20 Å². The summed E-state index contributed by atoms with van der Waals surface area (Å²) in [6.45, 7) is 0.684. The lowest BCUT2D eigenvalue weighted by Crippen LogP contribution is -2.34. The number of pyridine rings is 1. The van der Waals surface area contributed by atoms with Gasteiger partial charge in [0.1, 0.15) is 11.6 Å². The molecule has 2 rings (SSSR count). The van der Waals surface area contributed by atoms with Gasteiger partial charge in [-0.2, -0.15) is 0 Å². The maximum atomic E-state index is 13.0. The second-order valence-electron chi connectivity index (χ2n) is 4.70. The van der Waals surface area contributed by atoms with Crippen LogP contribution in [0.5, 0.6) is 0 Å². The minimum absolute atomic E-state index is 0.297. The molecule has 3 nitrogen and oxygen atoms in total. The van der Waals surface area contributed by atoms with Crippen LogP contribution in [0.25, 0.3) is 0 Å². The predicted molar refractivity (Wildman–Crippen MR) is 62.9 cm³/mol. The zero-order valence-corrected chi connectivity index (χ0v) is 10.0. The fourth-order valence-corrected chi connectivity index (χ4v) is 2.32. The van der Waals surface area contributed by atoms with Crippen molar-refractivity contribution in [3.63, 3.8) is 0 Å². The van der Waals surface area contributed by atoms with E-state index in [1.54, 1.807) is 6.20 Å². The molecule has 0 unspecified atom stereocenters. The summed E-state index contributed by atoms with van der Waals surface area (Å²) in [5.41, 5.74) is 0.879. The summed E-state index contributed by atoms with van der Waals surface area (Å²) >= 11 is 0. The van der Waals surface area contributed by atoms with Gasteiger partial charge in [0.25, 0.3) is 0 Å². The molecule has 4 heteroatoms. The monoisotopic (exact) mass is 236 g/mol. The van der Waals surface area contributed by atoms with E-state index in [-0.39, 0.29) is 5.82 Å². The molecule has 0 spiro atoms. The van der Waals surface area contributed by atoms with Gasteiger partial charge in [-0.15, -0.1) is 0 Å². The summed E-state index contributed by atoms with van der Waals surface area (Å²) in [6.07, 6.45) is 6.08. The fourth-order valence-electron chi connectivity index (χ4n) is 2.32. The third-order valence-electron chi connectivity index (χ3n) is 3.33. The third kappa shape index (κ3) is 3.33. The Balaban J connectivity index is 1.92. The highest BCUT2D eigenvalue weighted by atomic mass is 19.1. The van der Waals surface area contributed by atoms with E-state index < -0.39 is 0 Å². The van der Waals surface area contributed by atoms with E-state index in [4.69, 9.17) is 0 Å². The number of hydrogen-bond acceptors (Lipinski definition) is 3. The first-order valence-electron chi connectivity index (χ1n) is 5.96. The molecule has 0 aliphatic heterocycles. The van der Waals surface area contributed by atoms with Crippen molar-refractivity contribution >= 4 is 5.78 Å². The molecular weight excluding hydrogens is 219 g/mol. The SMILES string of the molecule is CN(Cc1cncc(F)c1)C1CCC(=O)CC1. The number of nitrogens with zero attached hydrogens (tertiary/aromatic N) is 2. The van der Waals surface area contributed by atoms with Crippen LogP contribution in [0.15, 0.2) is 18.5 Å². The van der Waals surface area contributed by atoms with Gasteiger partial charge in [0.2, 0.25) is 0 Å². The lowest BCUT2D eigenvalue weighted by molar-refractivity contribution is -0.121. The first-order valence-corrected chi connectivity index (χ1v) is 5.96. The van der Waals surface area contributed by atoms with Crippen molar-refractivity contribution in [2.45, 2.75) is 38.3 Å². The lowest BCUT2D eigenvalue weighted by Gasteiger charge is -2.30. The van der Waals surface area contributed by atoms with E-state index in [0.717, 1.165) is 18.4 Å². The topological polar surface area (TPSA) is 33.2 Å². The minimum atomic E-state index is -0.297. The second kappa shape index (κ2) is 5.36. The van der Waals surface area contributed by atoms with E-state index in [0.29, 0.717) is 31.2 Å². The molecule has 1 saturated carbocycles. The number of rotatable bonds is 3. The normalized spacial score (nSPS) is 17.7. The van der Waals surface area contributed by atoms with Gasteiger partial charge in [-0.25, -0.2) is 4.39 Å².